The third kappa shape index (κ3) is 2.81. The highest BCUT2D eigenvalue weighted by Gasteiger charge is 2.14. The maximum atomic E-state index is 4.41. The first-order chi connectivity index (χ1) is 11.8. The van der Waals surface area contributed by atoms with Crippen molar-refractivity contribution in [1.82, 2.24) is 15.0 Å². The fourth-order valence-corrected chi connectivity index (χ4v) is 3.56. The highest BCUT2D eigenvalue weighted by atomic mass is 32.2. The topological polar surface area (TPSA) is 30.7 Å². The Bertz CT molecular complexity index is 977. The molecule has 0 spiro atoms. The second kappa shape index (κ2) is 6.49. The van der Waals surface area contributed by atoms with E-state index in [2.05, 4.69) is 71.2 Å². The molecule has 0 radical (unpaired) electrons. The Balaban J connectivity index is 1.70. The minimum absolute atomic E-state index is 0.723. The number of thioether (sulfide) groups is 1. The third-order valence-corrected chi connectivity index (χ3v) is 4.87. The average molecular weight is 331 g/mol. The van der Waals surface area contributed by atoms with Crippen LogP contribution in [0.3, 0.4) is 0 Å². The van der Waals surface area contributed by atoms with E-state index >= 15 is 0 Å². The molecular formula is C20H17N3S. The molecule has 0 aliphatic heterocycles. The maximum Gasteiger partial charge on any atom is 0.126 e. The molecule has 0 bridgehead atoms. The van der Waals surface area contributed by atoms with Gasteiger partial charge in [-0.2, -0.15) is 0 Å². The predicted molar refractivity (Wildman–Crippen MR) is 100 cm³/mol. The van der Waals surface area contributed by atoms with Gasteiger partial charge in [0.1, 0.15) is 10.7 Å². The fraction of sp³-hybridized carbons (Fsp3) is 0.100. The number of nitrogens with zero attached hydrogens (tertiary/aromatic N) is 3. The first kappa shape index (κ1) is 15.0. The largest absolute Gasteiger partial charge is 0.234 e. The Hall–Kier alpha value is -2.59. The van der Waals surface area contributed by atoms with Crippen LogP contribution in [0.1, 0.15) is 5.56 Å². The summed E-state index contributed by atoms with van der Waals surface area (Å²) in [4.78, 5) is 0. The zero-order valence-electron chi connectivity index (χ0n) is 13.4. The molecule has 0 fully saturated rings. The number of hydrogen-bond donors (Lipinski definition) is 0. The van der Waals surface area contributed by atoms with Crippen molar-refractivity contribution in [2.24, 2.45) is 0 Å². The van der Waals surface area contributed by atoms with Crippen LogP contribution < -0.4 is 0 Å². The normalized spacial score (nSPS) is 11.0. The second-order valence-corrected chi connectivity index (χ2v) is 6.45. The van der Waals surface area contributed by atoms with Gasteiger partial charge in [0.15, 0.2) is 0 Å². The molecule has 0 unspecified atom stereocenters. The van der Waals surface area contributed by atoms with E-state index in [0.717, 1.165) is 22.8 Å². The summed E-state index contributed by atoms with van der Waals surface area (Å²) in [6.45, 7) is 0.723. The first-order valence-corrected chi connectivity index (χ1v) is 9.08. The summed E-state index contributed by atoms with van der Waals surface area (Å²) >= 11 is 1.68. The van der Waals surface area contributed by atoms with E-state index in [1.807, 2.05) is 22.9 Å². The van der Waals surface area contributed by atoms with Crippen molar-refractivity contribution in [2.45, 2.75) is 11.6 Å². The minimum atomic E-state index is 0.723. The molecule has 118 valence electrons. The van der Waals surface area contributed by atoms with E-state index in [9.17, 15) is 0 Å². The quantitative estimate of drug-likeness (QED) is 0.500. The number of rotatable bonds is 4. The van der Waals surface area contributed by atoms with Crippen LogP contribution >= 0.6 is 11.8 Å². The number of hydrogen-bond acceptors (Lipinski definition) is 3. The summed E-state index contributed by atoms with van der Waals surface area (Å²) < 4.78 is 1.98. The smallest absolute Gasteiger partial charge is 0.126 e. The Labute approximate surface area is 145 Å². The average Bonchev–Trinajstić information content (AvgIpc) is 3.05. The Morgan fingerprint density at radius 2 is 1.62 bits per heavy atom. The molecule has 0 saturated carbocycles. The summed E-state index contributed by atoms with van der Waals surface area (Å²) in [6.07, 6.45) is 2.07. The maximum absolute atomic E-state index is 4.41. The van der Waals surface area contributed by atoms with Gasteiger partial charge in [-0.05, 0) is 28.7 Å². The predicted octanol–water partition coefficient (Wildman–Crippen LogP) is 4.87. The molecular weight excluding hydrogens is 314 g/mol. The zero-order chi connectivity index (χ0) is 16.4. The molecule has 3 nitrogen and oxygen atoms in total. The highest BCUT2D eigenvalue weighted by molar-refractivity contribution is 7.98. The lowest BCUT2D eigenvalue weighted by Crippen LogP contribution is -2.03. The molecule has 4 heteroatoms. The van der Waals surface area contributed by atoms with E-state index < -0.39 is 0 Å². The van der Waals surface area contributed by atoms with E-state index in [-0.39, 0.29) is 0 Å². The van der Waals surface area contributed by atoms with E-state index in [1.165, 1.54) is 16.3 Å². The zero-order valence-corrected chi connectivity index (χ0v) is 14.2. The van der Waals surface area contributed by atoms with Crippen LogP contribution in [0.15, 0.2) is 77.8 Å². The molecule has 0 amide bonds. The van der Waals surface area contributed by atoms with Gasteiger partial charge >= 0.3 is 0 Å². The lowest BCUT2D eigenvalue weighted by molar-refractivity contribution is 0.605. The Morgan fingerprint density at radius 1 is 0.875 bits per heavy atom. The molecule has 0 aliphatic rings. The van der Waals surface area contributed by atoms with Crippen molar-refractivity contribution < 1.29 is 0 Å². The van der Waals surface area contributed by atoms with Crippen LogP contribution in [0.5, 0.6) is 0 Å². The van der Waals surface area contributed by atoms with Crippen LogP contribution in [0.4, 0.5) is 0 Å². The molecule has 3 aromatic carbocycles. The van der Waals surface area contributed by atoms with Crippen molar-refractivity contribution in [3.05, 3.63) is 78.4 Å². The Morgan fingerprint density at radius 3 is 2.42 bits per heavy atom. The van der Waals surface area contributed by atoms with Crippen LogP contribution in [0.2, 0.25) is 0 Å². The molecule has 4 aromatic rings. The van der Waals surface area contributed by atoms with Crippen molar-refractivity contribution in [3.63, 3.8) is 0 Å². The molecule has 1 heterocycles. The molecule has 1 aromatic heterocycles. The van der Waals surface area contributed by atoms with Gasteiger partial charge in [0.2, 0.25) is 0 Å². The molecule has 0 aliphatic carbocycles. The summed E-state index contributed by atoms with van der Waals surface area (Å²) in [5.41, 5.74) is 3.28. The Kier molecular flexibility index (Phi) is 4.05. The third-order valence-electron chi connectivity index (χ3n) is 4.08. The second-order valence-electron chi connectivity index (χ2n) is 5.65. The minimum Gasteiger partial charge on any atom is -0.234 e. The molecule has 0 atom stereocenters. The standard InChI is InChI=1S/C20H17N3S/c1-24-20-19(17-8-3-2-4-9-17)21-22-23(20)14-15-11-12-16-7-5-6-10-18(16)13-15/h2-13H,14H2,1H3. The number of benzene rings is 3. The summed E-state index contributed by atoms with van der Waals surface area (Å²) in [6, 6.07) is 25.2. The van der Waals surface area contributed by atoms with Crippen molar-refractivity contribution in [2.75, 3.05) is 6.26 Å². The molecule has 0 N–H and O–H groups in total. The van der Waals surface area contributed by atoms with Crippen LogP contribution in [0.25, 0.3) is 22.0 Å². The van der Waals surface area contributed by atoms with Gasteiger partial charge in [0.05, 0.1) is 6.54 Å². The summed E-state index contributed by atoms with van der Waals surface area (Å²) in [7, 11) is 0. The van der Waals surface area contributed by atoms with Gasteiger partial charge in [-0.15, -0.1) is 16.9 Å². The van der Waals surface area contributed by atoms with Gasteiger partial charge in [-0.3, -0.25) is 0 Å². The SMILES string of the molecule is CSc1c(-c2ccccc2)nnn1Cc1ccc2ccccc2c1. The van der Waals surface area contributed by atoms with Crippen LogP contribution in [0, 0.1) is 0 Å². The molecule has 4 rings (SSSR count). The first-order valence-electron chi connectivity index (χ1n) is 7.86. The number of aromatic nitrogens is 3. The lowest BCUT2D eigenvalue weighted by atomic mass is 10.1. The van der Waals surface area contributed by atoms with Crippen LogP contribution in [-0.4, -0.2) is 21.2 Å². The number of fused-ring (bicyclic) bond motifs is 1. The van der Waals surface area contributed by atoms with Crippen molar-refractivity contribution in [1.29, 1.82) is 0 Å². The molecule has 24 heavy (non-hydrogen) atoms. The van der Waals surface area contributed by atoms with Crippen molar-refractivity contribution in [3.8, 4) is 11.3 Å². The van der Waals surface area contributed by atoms with Crippen LogP contribution in [-0.2, 0) is 6.54 Å². The van der Waals surface area contributed by atoms with Crippen molar-refractivity contribution >= 4 is 22.5 Å². The highest BCUT2D eigenvalue weighted by Crippen LogP contribution is 2.28. The van der Waals surface area contributed by atoms with Gasteiger partial charge in [0, 0.05) is 5.56 Å². The summed E-state index contributed by atoms with van der Waals surface area (Å²) in [5.74, 6) is 0. The molecule has 0 saturated heterocycles. The van der Waals surface area contributed by atoms with E-state index in [1.54, 1.807) is 11.8 Å². The monoisotopic (exact) mass is 331 g/mol. The van der Waals surface area contributed by atoms with E-state index in [4.69, 9.17) is 0 Å². The lowest BCUT2D eigenvalue weighted by Gasteiger charge is -2.07. The van der Waals surface area contributed by atoms with E-state index in [0.29, 0.717) is 0 Å². The van der Waals surface area contributed by atoms with Gasteiger partial charge in [0.25, 0.3) is 0 Å². The summed E-state index contributed by atoms with van der Waals surface area (Å²) in [5, 5.41) is 12.4. The van der Waals surface area contributed by atoms with Gasteiger partial charge < -0.3 is 0 Å². The van der Waals surface area contributed by atoms with Gasteiger partial charge in [-0.25, -0.2) is 4.68 Å². The fourth-order valence-electron chi connectivity index (χ4n) is 2.90. The van der Waals surface area contributed by atoms with Gasteiger partial charge in [-0.1, -0.05) is 71.9 Å².